The number of thiophene rings is 1. The van der Waals surface area contributed by atoms with Crippen molar-refractivity contribution in [3.8, 4) is 6.07 Å². The zero-order chi connectivity index (χ0) is 9.14. The van der Waals surface area contributed by atoms with Crippen molar-refractivity contribution >= 4 is 27.3 Å². The van der Waals surface area contributed by atoms with Gasteiger partial charge < -0.3 is 5.11 Å². The summed E-state index contributed by atoms with van der Waals surface area (Å²) in [5, 5.41) is 17.8. The van der Waals surface area contributed by atoms with E-state index in [2.05, 4.69) is 15.9 Å². The third-order valence-electron chi connectivity index (χ3n) is 1.42. The van der Waals surface area contributed by atoms with Crippen LogP contribution in [0.5, 0.6) is 0 Å². The molecule has 2 nitrogen and oxygen atoms in total. The van der Waals surface area contributed by atoms with Crippen molar-refractivity contribution in [2.24, 2.45) is 0 Å². The van der Waals surface area contributed by atoms with Crippen LogP contribution in [0.25, 0.3) is 0 Å². The normalized spacial score (nSPS) is 12.5. The Bertz CT molecular complexity index is 315. The quantitative estimate of drug-likeness (QED) is 0.871. The first-order valence-corrected chi connectivity index (χ1v) is 5.07. The Morgan fingerprint density at radius 2 is 2.50 bits per heavy atom. The van der Waals surface area contributed by atoms with Crippen LogP contribution in [0.15, 0.2) is 10.5 Å². The third kappa shape index (κ3) is 2.07. The minimum atomic E-state index is -0.650. The number of nitrogens with zero attached hydrogens (tertiary/aromatic N) is 1. The highest BCUT2D eigenvalue weighted by atomic mass is 79.9. The first-order valence-electron chi connectivity index (χ1n) is 3.46. The van der Waals surface area contributed by atoms with Crippen LogP contribution in [0, 0.1) is 18.3 Å². The molecule has 0 aromatic carbocycles. The van der Waals surface area contributed by atoms with Gasteiger partial charge in [-0.15, -0.1) is 11.3 Å². The fourth-order valence-electron chi connectivity index (χ4n) is 0.908. The smallest absolute Gasteiger partial charge is 0.102 e. The molecule has 64 valence electrons. The molecule has 1 N–H and O–H groups in total. The molecule has 0 aliphatic rings. The summed E-state index contributed by atoms with van der Waals surface area (Å²) in [5.41, 5.74) is 0. The van der Waals surface area contributed by atoms with E-state index in [1.165, 1.54) is 11.3 Å². The zero-order valence-corrected chi connectivity index (χ0v) is 8.94. The Hall–Kier alpha value is -0.370. The molecular weight excluding hydrogens is 238 g/mol. The van der Waals surface area contributed by atoms with E-state index in [0.717, 1.165) is 14.2 Å². The molecule has 1 unspecified atom stereocenters. The Morgan fingerprint density at radius 1 is 1.83 bits per heavy atom. The summed E-state index contributed by atoms with van der Waals surface area (Å²) in [6.45, 7) is 1.97. The highest BCUT2D eigenvalue weighted by Gasteiger charge is 2.13. The predicted octanol–water partition coefficient (Wildman–Crippen LogP) is 2.77. The lowest BCUT2D eigenvalue weighted by Crippen LogP contribution is -1.92. The molecule has 0 aliphatic heterocycles. The maximum Gasteiger partial charge on any atom is 0.102 e. The largest absolute Gasteiger partial charge is 0.386 e. The Kier molecular flexibility index (Phi) is 3.27. The Morgan fingerprint density at radius 3 is 2.92 bits per heavy atom. The van der Waals surface area contributed by atoms with Gasteiger partial charge in [0, 0.05) is 14.2 Å². The average Bonchev–Trinajstić information content (AvgIpc) is 2.30. The van der Waals surface area contributed by atoms with Crippen molar-refractivity contribution in [1.82, 2.24) is 0 Å². The van der Waals surface area contributed by atoms with Gasteiger partial charge in [0.15, 0.2) is 0 Å². The van der Waals surface area contributed by atoms with Gasteiger partial charge in [0.1, 0.15) is 6.10 Å². The number of hydrogen-bond donors (Lipinski definition) is 1. The molecule has 0 fully saturated rings. The van der Waals surface area contributed by atoms with Crippen molar-refractivity contribution in [3.63, 3.8) is 0 Å². The second-order valence-corrected chi connectivity index (χ2v) is 4.59. The molecule has 4 heteroatoms. The molecule has 0 spiro atoms. The first kappa shape index (κ1) is 9.72. The van der Waals surface area contributed by atoms with Gasteiger partial charge in [0.25, 0.3) is 0 Å². The molecule has 1 heterocycles. The summed E-state index contributed by atoms with van der Waals surface area (Å²) in [5.74, 6) is 0. The number of hydrogen-bond acceptors (Lipinski definition) is 3. The number of rotatable bonds is 2. The number of nitriles is 1. The molecule has 0 amide bonds. The van der Waals surface area contributed by atoms with Crippen molar-refractivity contribution in [1.29, 1.82) is 5.26 Å². The molecule has 1 rings (SSSR count). The van der Waals surface area contributed by atoms with Crippen LogP contribution in [-0.2, 0) is 0 Å². The topological polar surface area (TPSA) is 44.0 Å². The molecule has 1 aromatic rings. The Balaban J connectivity index is 2.88. The monoisotopic (exact) mass is 245 g/mol. The van der Waals surface area contributed by atoms with E-state index in [9.17, 15) is 5.11 Å². The van der Waals surface area contributed by atoms with Gasteiger partial charge in [0.05, 0.1) is 12.5 Å². The minimum absolute atomic E-state index is 0.151. The van der Waals surface area contributed by atoms with Gasteiger partial charge in [-0.1, -0.05) is 0 Å². The molecular formula is C8H8BrNOS. The summed E-state index contributed by atoms with van der Waals surface area (Å²) in [7, 11) is 0. The summed E-state index contributed by atoms with van der Waals surface area (Å²) in [6.07, 6.45) is -0.499. The standard InChI is InChI=1S/C8H8BrNOS/c1-5-4-6(9)8(12-5)7(11)2-3-10/h4,7,11H,2H2,1H3. The van der Waals surface area contributed by atoms with E-state index in [0.29, 0.717) is 0 Å². The number of aryl methyl sites for hydroxylation is 1. The van der Waals surface area contributed by atoms with Crippen LogP contribution < -0.4 is 0 Å². The van der Waals surface area contributed by atoms with Gasteiger partial charge in [-0.05, 0) is 28.9 Å². The second kappa shape index (κ2) is 4.04. The number of aliphatic hydroxyl groups excluding tert-OH is 1. The molecule has 0 saturated heterocycles. The van der Waals surface area contributed by atoms with Gasteiger partial charge in [0.2, 0.25) is 0 Å². The number of aliphatic hydroxyl groups is 1. The molecule has 0 aliphatic carbocycles. The van der Waals surface area contributed by atoms with E-state index in [1.807, 2.05) is 19.1 Å². The molecule has 0 saturated carbocycles. The fraction of sp³-hybridized carbons (Fsp3) is 0.375. The van der Waals surface area contributed by atoms with Crippen LogP contribution >= 0.6 is 27.3 Å². The van der Waals surface area contributed by atoms with Crippen molar-refractivity contribution < 1.29 is 5.11 Å². The van der Waals surface area contributed by atoms with E-state index in [-0.39, 0.29) is 6.42 Å². The van der Waals surface area contributed by atoms with Gasteiger partial charge >= 0.3 is 0 Å². The van der Waals surface area contributed by atoms with Crippen LogP contribution in [0.1, 0.15) is 22.3 Å². The van der Waals surface area contributed by atoms with Crippen LogP contribution in [0.4, 0.5) is 0 Å². The van der Waals surface area contributed by atoms with Crippen LogP contribution in [0.3, 0.4) is 0 Å². The van der Waals surface area contributed by atoms with Gasteiger partial charge in [-0.2, -0.15) is 5.26 Å². The summed E-state index contributed by atoms with van der Waals surface area (Å²) >= 11 is 4.84. The third-order valence-corrected chi connectivity index (χ3v) is 3.49. The summed E-state index contributed by atoms with van der Waals surface area (Å²) in [6, 6.07) is 3.88. The molecule has 0 bridgehead atoms. The van der Waals surface area contributed by atoms with Gasteiger partial charge in [-0.3, -0.25) is 0 Å². The zero-order valence-electron chi connectivity index (χ0n) is 6.54. The van der Waals surface area contributed by atoms with Gasteiger partial charge in [-0.25, -0.2) is 0 Å². The minimum Gasteiger partial charge on any atom is -0.386 e. The lowest BCUT2D eigenvalue weighted by molar-refractivity contribution is 0.186. The van der Waals surface area contributed by atoms with E-state index in [4.69, 9.17) is 5.26 Å². The highest BCUT2D eigenvalue weighted by molar-refractivity contribution is 9.10. The number of halogens is 1. The first-order chi connectivity index (χ1) is 5.65. The molecule has 1 aromatic heterocycles. The Labute approximate surface area is 83.6 Å². The van der Waals surface area contributed by atoms with E-state index < -0.39 is 6.10 Å². The van der Waals surface area contributed by atoms with E-state index in [1.54, 1.807) is 0 Å². The van der Waals surface area contributed by atoms with Crippen molar-refractivity contribution in [2.75, 3.05) is 0 Å². The maximum absolute atomic E-state index is 9.47. The lowest BCUT2D eigenvalue weighted by Gasteiger charge is -2.02. The summed E-state index contributed by atoms with van der Waals surface area (Å²) < 4.78 is 0.896. The molecule has 0 radical (unpaired) electrons. The highest BCUT2D eigenvalue weighted by Crippen LogP contribution is 2.33. The molecule has 1 atom stereocenters. The second-order valence-electron chi connectivity index (χ2n) is 2.45. The van der Waals surface area contributed by atoms with Crippen molar-refractivity contribution in [3.05, 3.63) is 20.3 Å². The van der Waals surface area contributed by atoms with Crippen molar-refractivity contribution in [2.45, 2.75) is 19.4 Å². The fourth-order valence-corrected chi connectivity index (χ4v) is 2.81. The lowest BCUT2D eigenvalue weighted by atomic mass is 10.2. The maximum atomic E-state index is 9.47. The average molecular weight is 246 g/mol. The van der Waals surface area contributed by atoms with Crippen LogP contribution in [0.2, 0.25) is 0 Å². The van der Waals surface area contributed by atoms with Crippen LogP contribution in [-0.4, -0.2) is 5.11 Å². The van der Waals surface area contributed by atoms with E-state index >= 15 is 0 Å². The predicted molar refractivity (Wildman–Crippen MR) is 51.9 cm³/mol. The molecule has 12 heavy (non-hydrogen) atoms. The summed E-state index contributed by atoms with van der Waals surface area (Å²) in [4.78, 5) is 1.97. The SMILES string of the molecule is Cc1cc(Br)c(C(O)CC#N)s1.